The third-order valence-corrected chi connectivity index (χ3v) is 11.8. The summed E-state index contributed by atoms with van der Waals surface area (Å²) in [5.74, 6) is 0.687. The molecule has 0 N–H and O–H groups in total. The Hall–Kier alpha value is -7.21. The lowest BCUT2D eigenvalue weighted by Crippen LogP contribution is -1.96. The number of rotatable bonds is 6. The Labute approximate surface area is 327 Å². The van der Waals surface area contributed by atoms with E-state index in [1.165, 1.54) is 25.7 Å². The van der Waals surface area contributed by atoms with Gasteiger partial charge in [0, 0.05) is 65.6 Å². The smallest absolute Gasteiger partial charge is 0.160 e. The zero-order valence-corrected chi connectivity index (χ0v) is 30.9. The van der Waals surface area contributed by atoms with Crippen LogP contribution in [0.2, 0.25) is 0 Å². The van der Waals surface area contributed by atoms with Crippen LogP contribution in [0, 0.1) is 0 Å². The third-order valence-electron chi connectivity index (χ3n) is 10.6. The highest BCUT2D eigenvalue weighted by Crippen LogP contribution is 2.46. The lowest BCUT2D eigenvalue weighted by Gasteiger charge is -2.12. The predicted molar refractivity (Wildman–Crippen MR) is 233 cm³/mol. The number of fused-ring (bicyclic) bond motifs is 6. The Balaban J connectivity index is 1.04. The van der Waals surface area contributed by atoms with E-state index in [9.17, 15) is 0 Å². The van der Waals surface area contributed by atoms with Gasteiger partial charge < -0.3 is 4.42 Å². The van der Waals surface area contributed by atoms with Crippen LogP contribution in [-0.4, -0.2) is 15.0 Å². The molecule has 0 saturated heterocycles. The summed E-state index contributed by atoms with van der Waals surface area (Å²) in [5, 5.41) is 4.77. The second kappa shape index (κ2) is 13.3. The van der Waals surface area contributed by atoms with Gasteiger partial charge in [-0.15, -0.1) is 11.3 Å². The third kappa shape index (κ3) is 5.48. The van der Waals surface area contributed by atoms with Gasteiger partial charge in [0.25, 0.3) is 0 Å². The molecule has 11 aromatic rings. The molecule has 0 unspecified atom stereocenters. The van der Waals surface area contributed by atoms with Crippen molar-refractivity contribution in [1.29, 1.82) is 0 Å². The molecule has 11 rings (SSSR count). The van der Waals surface area contributed by atoms with Gasteiger partial charge in [0.1, 0.15) is 11.2 Å². The molecule has 4 aromatic heterocycles. The summed E-state index contributed by atoms with van der Waals surface area (Å²) >= 11 is 1.84. The monoisotopic (exact) mass is 733 g/mol. The summed E-state index contributed by atoms with van der Waals surface area (Å²) in [7, 11) is 0. The Morgan fingerprint density at radius 3 is 1.91 bits per heavy atom. The Bertz CT molecular complexity index is 3240. The van der Waals surface area contributed by atoms with Crippen molar-refractivity contribution in [3.63, 3.8) is 0 Å². The van der Waals surface area contributed by atoms with Crippen molar-refractivity contribution >= 4 is 53.4 Å². The van der Waals surface area contributed by atoms with E-state index in [1.807, 2.05) is 60.1 Å². The molecule has 0 saturated carbocycles. The molecule has 0 spiro atoms. The van der Waals surface area contributed by atoms with Crippen LogP contribution < -0.4 is 0 Å². The SMILES string of the molecule is c1ccc(-c2nc(-c3ccc(-c4ccc(-c5cccc6sc7ccccc7c56)c5oc6ccccc6c45)cc3)cc(-c3cccc(-c4ccncc4)c3)n2)cc1. The fourth-order valence-electron chi connectivity index (χ4n) is 7.96. The number of hydrogen-bond donors (Lipinski definition) is 0. The molecule has 0 radical (unpaired) electrons. The lowest BCUT2D eigenvalue weighted by molar-refractivity contribution is 0.670. The van der Waals surface area contributed by atoms with Gasteiger partial charge in [0.2, 0.25) is 0 Å². The topological polar surface area (TPSA) is 51.8 Å². The lowest BCUT2D eigenvalue weighted by atomic mass is 9.92. The molecular weight excluding hydrogens is 703 g/mol. The minimum Gasteiger partial charge on any atom is -0.455 e. The van der Waals surface area contributed by atoms with Crippen molar-refractivity contribution in [3.05, 3.63) is 188 Å². The standard InChI is InChI=1S/C51H31N3OS/c1-2-10-35(11-3-1)51-53-43(31-44(54-51)37-13-8-12-36(30-37)32-26-28-52-29-27-32)34-22-20-33(21-23-34)38-24-25-40(50-49(38)41-14-4-6-17-45(41)55-50)39-16-9-19-47-48(39)42-15-5-7-18-46(42)56-47/h1-31H. The van der Waals surface area contributed by atoms with Gasteiger partial charge in [0.05, 0.1) is 11.4 Å². The van der Waals surface area contributed by atoms with Crippen LogP contribution in [0.4, 0.5) is 0 Å². The first kappa shape index (κ1) is 32.2. The summed E-state index contributed by atoms with van der Waals surface area (Å²) in [6, 6.07) is 61.7. The first-order chi connectivity index (χ1) is 27.7. The summed E-state index contributed by atoms with van der Waals surface area (Å²) < 4.78 is 9.33. The second-order valence-corrected chi connectivity index (χ2v) is 15.0. The molecule has 7 aromatic carbocycles. The number of benzene rings is 7. The van der Waals surface area contributed by atoms with E-state index in [1.54, 1.807) is 0 Å². The zero-order chi connectivity index (χ0) is 37.0. The molecule has 4 nitrogen and oxygen atoms in total. The van der Waals surface area contributed by atoms with E-state index in [-0.39, 0.29) is 0 Å². The van der Waals surface area contributed by atoms with E-state index in [2.05, 4.69) is 145 Å². The van der Waals surface area contributed by atoms with Crippen LogP contribution in [0.3, 0.4) is 0 Å². The highest BCUT2D eigenvalue weighted by Gasteiger charge is 2.20. The first-order valence-corrected chi connectivity index (χ1v) is 19.5. The molecule has 0 amide bonds. The van der Waals surface area contributed by atoms with E-state index >= 15 is 0 Å². The summed E-state index contributed by atoms with van der Waals surface area (Å²) in [6.45, 7) is 0. The highest BCUT2D eigenvalue weighted by atomic mass is 32.1. The molecule has 0 aliphatic rings. The van der Waals surface area contributed by atoms with Crippen molar-refractivity contribution in [2.24, 2.45) is 0 Å². The number of furan rings is 1. The average molecular weight is 734 g/mol. The largest absolute Gasteiger partial charge is 0.455 e. The average Bonchev–Trinajstić information content (AvgIpc) is 3.86. The molecule has 0 bridgehead atoms. The van der Waals surface area contributed by atoms with Crippen LogP contribution in [0.15, 0.2) is 193 Å². The quantitative estimate of drug-likeness (QED) is 0.171. The van der Waals surface area contributed by atoms with Gasteiger partial charge in [-0.25, -0.2) is 9.97 Å². The molecule has 0 aliphatic carbocycles. The van der Waals surface area contributed by atoms with Crippen LogP contribution in [0.1, 0.15) is 0 Å². The fraction of sp³-hybridized carbons (Fsp3) is 0. The van der Waals surface area contributed by atoms with Gasteiger partial charge >= 0.3 is 0 Å². The Morgan fingerprint density at radius 1 is 0.393 bits per heavy atom. The normalized spacial score (nSPS) is 11.6. The van der Waals surface area contributed by atoms with Crippen LogP contribution in [0.25, 0.3) is 109 Å². The summed E-state index contributed by atoms with van der Waals surface area (Å²) in [5.41, 5.74) is 13.3. The van der Waals surface area contributed by atoms with Crippen molar-refractivity contribution < 1.29 is 4.42 Å². The van der Waals surface area contributed by atoms with E-state index in [0.717, 1.165) is 77.8 Å². The van der Waals surface area contributed by atoms with Gasteiger partial charge in [0.15, 0.2) is 5.82 Å². The number of pyridine rings is 1. The molecular formula is C51H31N3OS. The van der Waals surface area contributed by atoms with Gasteiger partial charge in [-0.05, 0) is 76.3 Å². The van der Waals surface area contributed by atoms with Crippen molar-refractivity contribution in [2.75, 3.05) is 0 Å². The zero-order valence-electron chi connectivity index (χ0n) is 30.1. The maximum Gasteiger partial charge on any atom is 0.160 e. The highest BCUT2D eigenvalue weighted by molar-refractivity contribution is 7.25. The predicted octanol–water partition coefficient (Wildman–Crippen LogP) is 14.1. The van der Waals surface area contributed by atoms with Crippen LogP contribution in [0.5, 0.6) is 0 Å². The van der Waals surface area contributed by atoms with Gasteiger partial charge in [-0.1, -0.05) is 127 Å². The molecule has 0 aliphatic heterocycles. The number of thiophene rings is 1. The first-order valence-electron chi connectivity index (χ1n) is 18.7. The number of hydrogen-bond acceptors (Lipinski definition) is 5. The number of aromatic nitrogens is 3. The molecule has 56 heavy (non-hydrogen) atoms. The van der Waals surface area contributed by atoms with Crippen LogP contribution >= 0.6 is 11.3 Å². The summed E-state index contributed by atoms with van der Waals surface area (Å²) in [6.07, 6.45) is 3.65. The maximum absolute atomic E-state index is 6.76. The molecule has 4 heterocycles. The maximum atomic E-state index is 6.76. The van der Waals surface area contributed by atoms with Crippen molar-refractivity contribution in [3.8, 4) is 67.3 Å². The molecule has 0 fully saturated rings. The van der Waals surface area contributed by atoms with Crippen LogP contribution in [-0.2, 0) is 0 Å². The molecule has 262 valence electrons. The van der Waals surface area contributed by atoms with Gasteiger partial charge in [-0.2, -0.15) is 0 Å². The van der Waals surface area contributed by atoms with E-state index in [0.29, 0.717) is 5.82 Å². The number of nitrogens with zero attached hydrogens (tertiary/aromatic N) is 3. The summed E-state index contributed by atoms with van der Waals surface area (Å²) in [4.78, 5) is 14.4. The fourth-order valence-corrected chi connectivity index (χ4v) is 9.09. The van der Waals surface area contributed by atoms with Crippen molar-refractivity contribution in [1.82, 2.24) is 15.0 Å². The van der Waals surface area contributed by atoms with E-state index in [4.69, 9.17) is 14.4 Å². The Morgan fingerprint density at radius 2 is 1.05 bits per heavy atom. The minimum atomic E-state index is 0.687. The molecule has 5 heteroatoms. The Kier molecular flexibility index (Phi) is 7.64. The van der Waals surface area contributed by atoms with Gasteiger partial charge in [-0.3, -0.25) is 4.98 Å². The molecule has 0 atom stereocenters. The van der Waals surface area contributed by atoms with E-state index < -0.39 is 0 Å². The van der Waals surface area contributed by atoms with Crippen molar-refractivity contribution in [2.45, 2.75) is 0 Å². The number of para-hydroxylation sites is 1. The minimum absolute atomic E-state index is 0.687. The second-order valence-electron chi connectivity index (χ2n) is 14.0.